The smallest absolute Gasteiger partial charge is 0.226 e. The number of thiazole rings is 1. The van der Waals surface area contributed by atoms with E-state index in [1.54, 1.807) is 11.3 Å². The first-order valence-electron chi connectivity index (χ1n) is 8.24. The molecule has 0 radical (unpaired) electrons. The second kappa shape index (κ2) is 6.42. The minimum Gasteiger partial charge on any atom is -0.340 e. The number of nitrogens with zero attached hydrogens (tertiary/aromatic N) is 3. The lowest BCUT2D eigenvalue weighted by atomic mass is 10.1. The highest BCUT2D eigenvalue weighted by atomic mass is 32.1. The molecular formula is C18H21N3OS. The number of carbonyl (C=O) groups is 1. The van der Waals surface area contributed by atoms with Gasteiger partial charge < -0.3 is 4.90 Å². The van der Waals surface area contributed by atoms with Gasteiger partial charge in [0, 0.05) is 44.0 Å². The average molecular weight is 327 g/mol. The van der Waals surface area contributed by atoms with Crippen LogP contribution in [0.1, 0.15) is 23.6 Å². The van der Waals surface area contributed by atoms with Crippen molar-refractivity contribution in [2.45, 2.75) is 18.9 Å². The fourth-order valence-corrected chi connectivity index (χ4v) is 3.99. The lowest BCUT2D eigenvalue weighted by Gasteiger charge is -2.34. The van der Waals surface area contributed by atoms with Gasteiger partial charge in [0.2, 0.25) is 5.91 Å². The zero-order valence-electron chi connectivity index (χ0n) is 13.1. The van der Waals surface area contributed by atoms with E-state index >= 15 is 0 Å². The predicted molar refractivity (Wildman–Crippen MR) is 91.3 cm³/mol. The summed E-state index contributed by atoms with van der Waals surface area (Å²) >= 11 is 1.64. The molecule has 1 aromatic carbocycles. The number of hydrogen-bond acceptors (Lipinski definition) is 4. The third-order valence-corrected chi connectivity index (χ3v) is 5.52. The summed E-state index contributed by atoms with van der Waals surface area (Å²) < 4.78 is 0. The van der Waals surface area contributed by atoms with E-state index in [2.05, 4.69) is 44.4 Å². The molecule has 0 bridgehead atoms. The summed E-state index contributed by atoms with van der Waals surface area (Å²) in [5.74, 6) is 1.01. The number of benzene rings is 1. The predicted octanol–water partition coefficient (Wildman–Crippen LogP) is 2.59. The summed E-state index contributed by atoms with van der Waals surface area (Å²) in [5, 5.41) is 2.10. The van der Waals surface area contributed by atoms with Crippen LogP contribution in [0.2, 0.25) is 0 Å². The van der Waals surface area contributed by atoms with Crippen molar-refractivity contribution in [3.63, 3.8) is 0 Å². The van der Waals surface area contributed by atoms with Crippen molar-refractivity contribution in [2.24, 2.45) is 5.92 Å². The molecule has 120 valence electrons. The minimum absolute atomic E-state index is 0.211. The van der Waals surface area contributed by atoms with Crippen LogP contribution in [0.3, 0.4) is 0 Å². The maximum atomic E-state index is 12.7. The summed E-state index contributed by atoms with van der Waals surface area (Å²) in [5.41, 5.74) is 4.33. The highest BCUT2D eigenvalue weighted by molar-refractivity contribution is 7.07. The Morgan fingerprint density at radius 2 is 1.96 bits per heavy atom. The third-order valence-electron chi connectivity index (χ3n) is 4.89. The van der Waals surface area contributed by atoms with Crippen LogP contribution in [0.4, 0.5) is 0 Å². The first kappa shape index (κ1) is 14.8. The number of hydrogen-bond donors (Lipinski definition) is 0. The Labute approximate surface area is 140 Å². The van der Waals surface area contributed by atoms with Crippen LogP contribution in [0.15, 0.2) is 41.2 Å². The number of piperazine rings is 1. The standard InChI is InChI=1S/C18H21N3OS/c22-18(17-10-16(17)14-4-2-1-3-5-14)21-8-6-20(7-9-21)11-15-12-23-13-19-15/h1-5,12-13,16-17H,6-11H2/t16-,17+/m1/s1. The molecule has 1 saturated carbocycles. The van der Waals surface area contributed by atoms with E-state index in [1.807, 2.05) is 11.6 Å². The quantitative estimate of drug-likeness (QED) is 0.866. The fourth-order valence-electron chi connectivity index (χ4n) is 3.44. The fraction of sp³-hybridized carbons (Fsp3) is 0.444. The summed E-state index contributed by atoms with van der Waals surface area (Å²) in [7, 11) is 0. The maximum absolute atomic E-state index is 12.7. The number of aromatic nitrogens is 1. The molecule has 1 amide bonds. The SMILES string of the molecule is O=C([C@H]1C[C@@H]1c1ccccc1)N1CCN(Cc2cscn2)CC1. The van der Waals surface area contributed by atoms with Gasteiger partial charge in [0.15, 0.2) is 0 Å². The van der Waals surface area contributed by atoms with Gasteiger partial charge in [-0.1, -0.05) is 30.3 Å². The Kier molecular flexibility index (Phi) is 4.14. The van der Waals surface area contributed by atoms with Crippen LogP contribution >= 0.6 is 11.3 Å². The van der Waals surface area contributed by atoms with Crippen molar-refractivity contribution in [2.75, 3.05) is 26.2 Å². The first-order valence-corrected chi connectivity index (χ1v) is 9.18. The first-order chi connectivity index (χ1) is 11.3. The number of carbonyl (C=O) groups excluding carboxylic acids is 1. The molecule has 2 heterocycles. The molecule has 23 heavy (non-hydrogen) atoms. The van der Waals surface area contributed by atoms with Gasteiger partial charge in [-0.2, -0.15) is 0 Å². The Morgan fingerprint density at radius 3 is 2.65 bits per heavy atom. The molecule has 2 fully saturated rings. The zero-order chi connectivity index (χ0) is 15.6. The second-order valence-electron chi connectivity index (χ2n) is 6.44. The lowest BCUT2D eigenvalue weighted by Crippen LogP contribution is -2.48. The van der Waals surface area contributed by atoms with Crippen molar-refractivity contribution >= 4 is 17.2 Å². The molecule has 1 aliphatic heterocycles. The second-order valence-corrected chi connectivity index (χ2v) is 7.16. The normalized spacial score (nSPS) is 24.6. The van der Waals surface area contributed by atoms with E-state index in [-0.39, 0.29) is 5.92 Å². The highest BCUT2D eigenvalue weighted by Gasteiger charge is 2.45. The van der Waals surface area contributed by atoms with E-state index < -0.39 is 0 Å². The van der Waals surface area contributed by atoms with Gasteiger partial charge in [0.1, 0.15) is 0 Å². The van der Waals surface area contributed by atoms with Crippen LogP contribution < -0.4 is 0 Å². The molecule has 0 unspecified atom stereocenters. The molecule has 2 atom stereocenters. The molecule has 2 aromatic rings. The average Bonchev–Trinajstić information content (AvgIpc) is 3.25. The summed E-state index contributed by atoms with van der Waals surface area (Å²) in [6.07, 6.45) is 1.02. The van der Waals surface area contributed by atoms with E-state index in [4.69, 9.17) is 0 Å². The lowest BCUT2D eigenvalue weighted by molar-refractivity contribution is -0.134. The van der Waals surface area contributed by atoms with E-state index in [0.29, 0.717) is 11.8 Å². The Hall–Kier alpha value is -1.72. The Bertz CT molecular complexity index is 650. The number of rotatable bonds is 4. The molecular weight excluding hydrogens is 306 g/mol. The minimum atomic E-state index is 0.211. The van der Waals surface area contributed by atoms with Gasteiger partial charge in [0.05, 0.1) is 11.2 Å². The van der Waals surface area contributed by atoms with E-state index in [9.17, 15) is 4.79 Å². The van der Waals surface area contributed by atoms with Crippen molar-refractivity contribution in [1.29, 1.82) is 0 Å². The molecule has 5 heteroatoms. The summed E-state index contributed by atoms with van der Waals surface area (Å²) in [6, 6.07) is 10.4. The number of amides is 1. The summed E-state index contributed by atoms with van der Waals surface area (Å²) in [6.45, 7) is 4.50. The summed E-state index contributed by atoms with van der Waals surface area (Å²) in [4.78, 5) is 21.5. The molecule has 0 spiro atoms. The van der Waals surface area contributed by atoms with Gasteiger partial charge in [0.25, 0.3) is 0 Å². The molecule has 4 rings (SSSR count). The van der Waals surface area contributed by atoms with Gasteiger partial charge in [-0.15, -0.1) is 11.3 Å². The van der Waals surface area contributed by atoms with Crippen LogP contribution in [-0.2, 0) is 11.3 Å². The zero-order valence-corrected chi connectivity index (χ0v) is 13.9. The van der Waals surface area contributed by atoms with Crippen molar-refractivity contribution in [1.82, 2.24) is 14.8 Å². The van der Waals surface area contributed by atoms with Gasteiger partial charge in [-0.25, -0.2) is 4.98 Å². The molecule has 1 aromatic heterocycles. The van der Waals surface area contributed by atoms with Crippen LogP contribution in [0.25, 0.3) is 0 Å². The van der Waals surface area contributed by atoms with Gasteiger partial charge in [-0.3, -0.25) is 9.69 Å². The topological polar surface area (TPSA) is 36.4 Å². The monoisotopic (exact) mass is 327 g/mol. The van der Waals surface area contributed by atoms with Crippen molar-refractivity contribution in [3.05, 3.63) is 52.5 Å². The largest absolute Gasteiger partial charge is 0.340 e. The Balaban J connectivity index is 1.28. The van der Waals surface area contributed by atoms with Crippen molar-refractivity contribution in [3.8, 4) is 0 Å². The maximum Gasteiger partial charge on any atom is 0.226 e. The van der Waals surface area contributed by atoms with Crippen LogP contribution in [0, 0.1) is 5.92 Å². The van der Waals surface area contributed by atoms with E-state index in [0.717, 1.165) is 44.8 Å². The van der Waals surface area contributed by atoms with Crippen molar-refractivity contribution < 1.29 is 4.79 Å². The van der Waals surface area contributed by atoms with Gasteiger partial charge >= 0.3 is 0 Å². The van der Waals surface area contributed by atoms with Crippen LogP contribution in [0.5, 0.6) is 0 Å². The van der Waals surface area contributed by atoms with Gasteiger partial charge in [-0.05, 0) is 17.9 Å². The van der Waals surface area contributed by atoms with Crippen LogP contribution in [-0.4, -0.2) is 46.9 Å². The molecule has 1 saturated heterocycles. The molecule has 4 nitrogen and oxygen atoms in total. The highest BCUT2D eigenvalue weighted by Crippen LogP contribution is 2.48. The third kappa shape index (κ3) is 3.31. The molecule has 1 aliphatic carbocycles. The molecule has 2 aliphatic rings. The molecule has 0 N–H and O–H groups in total. The Morgan fingerprint density at radius 1 is 1.17 bits per heavy atom. The van der Waals surface area contributed by atoms with E-state index in [1.165, 1.54) is 5.56 Å².